The highest BCUT2D eigenvalue weighted by Gasteiger charge is 2.12. The van der Waals surface area contributed by atoms with Gasteiger partial charge in [-0.1, -0.05) is 5.92 Å². The van der Waals surface area contributed by atoms with E-state index in [2.05, 4.69) is 32.8 Å². The molecule has 0 atom stereocenters. The first-order valence-electron chi connectivity index (χ1n) is 6.46. The summed E-state index contributed by atoms with van der Waals surface area (Å²) in [5.41, 5.74) is 1.78. The van der Waals surface area contributed by atoms with E-state index in [0.29, 0.717) is 0 Å². The first-order valence-corrected chi connectivity index (χ1v) is 7.34. The van der Waals surface area contributed by atoms with E-state index in [9.17, 15) is 0 Å². The van der Waals surface area contributed by atoms with Crippen molar-refractivity contribution >= 4 is 29.6 Å². The van der Waals surface area contributed by atoms with Crippen molar-refractivity contribution < 1.29 is 0 Å². The number of pyridine rings is 1. The fourth-order valence-electron chi connectivity index (χ4n) is 2.15. The molecule has 104 valence electrons. The van der Waals surface area contributed by atoms with Crippen molar-refractivity contribution in [3.05, 3.63) is 40.0 Å². The average molecular weight is 306 g/mol. The number of aryl methyl sites for hydroxylation is 1. The maximum Gasteiger partial charge on any atom is 0.128 e. The molecule has 1 aliphatic rings. The summed E-state index contributed by atoms with van der Waals surface area (Å²) in [7, 11) is 0. The van der Waals surface area contributed by atoms with Gasteiger partial charge in [-0.25, -0.2) is 9.97 Å². The minimum atomic E-state index is 0. The summed E-state index contributed by atoms with van der Waals surface area (Å²) >= 11 is 1.62. The summed E-state index contributed by atoms with van der Waals surface area (Å²) in [6, 6.07) is 4.09. The maximum atomic E-state index is 4.48. The maximum absolute atomic E-state index is 4.48. The molecule has 1 saturated heterocycles. The Morgan fingerprint density at radius 2 is 2.00 bits per heavy atom. The van der Waals surface area contributed by atoms with Crippen LogP contribution in [-0.4, -0.2) is 23.1 Å². The number of rotatable bonds is 1. The van der Waals surface area contributed by atoms with Gasteiger partial charge in [-0.15, -0.1) is 23.7 Å². The van der Waals surface area contributed by atoms with Gasteiger partial charge in [0.1, 0.15) is 11.5 Å². The Morgan fingerprint density at radius 3 is 2.60 bits per heavy atom. The zero-order valence-electron chi connectivity index (χ0n) is 11.3. The Morgan fingerprint density at radius 1 is 1.20 bits per heavy atom. The molecule has 0 N–H and O–H groups in total. The number of hydrogen-bond acceptors (Lipinski definition) is 4. The predicted molar refractivity (Wildman–Crippen MR) is 85.8 cm³/mol. The predicted octanol–water partition coefficient (Wildman–Crippen LogP) is 3.27. The molecule has 0 aliphatic carbocycles. The van der Waals surface area contributed by atoms with Crippen LogP contribution in [0.4, 0.5) is 5.82 Å². The zero-order valence-corrected chi connectivity index (χ0v) is 12.9. The molecule has 0 aromatic carbocycles. The summed E-state index contributed by atoms with van der Waals surface area (Å²) in [4.78, 5) is 11.1. The van der Waals surface area contributed by atoms with Crippen LogP contribution in [0.25, 0.3) is 0 Å². The van der Waals surface area contributed by atoms with Crippen molar-refractivity contribution in [2.45, 2.75) is 19.8 Å². The summed E-state index contributed by atoms with van der Waals surface area (Å²) < 4.78 is 0. The monoisotopic (exact) mass is 305 g/mol. The highest BCUT2D eigenvalue weighted by Crippen LogP contribution is 2.17. The van der Waals surface area contributed by atoms with Gasteiger partial charge >= 0.3 is 0 Å². The fourth-order valence-corrected chi connectivity index (χ4v) is 2.70. The molecule has 0 bridgehead atoms. The van der Waals surface area contributed by atoms with Gasteiger partial charge in [0.05, 0.1) is 5.01 Å². The van der Waals surface area contributed by atoms with Gasteiger partial charge in [-0.2, -0.15) is 0 Å². The number of thiazole rings is 1. The van der Waals surface area contributed by atoms with Crippen molar-refractivity contribution in [3.63, 3.8) is 0 Å². The molecular formula is C15H16ClN3S. The highest BCUT2D eigenvalue weighted by atomic mass is 35.5. The first-order chi connectivity index (χ1) is 9.31. The van der Waals surface area contributed by atoms with Crippen molar-refractivity contribution in [1.82, 2.24) is 9.97 Å². The molecule has 0 amide bonds. The summed E-state index contributed by atoms with van der Waals surface area (Å²) in [5, 5.41) is 3.03. The number of halogens is 1. The van der Waals surface area contributed by atoms with Crippen molar-refractivity contribution in [2.24, 2.45) is 0 Å². The molecule has 0 radical (unpaired) electrons. The third-order valence-electron chi connectivity index (χ3n) is 3.13. The normalized spacial score (nSPS) is 13.6. The quantitative estimate of drug-likeness (QED) is 0.757. The molecule has 1 aliphatic heterocycles. The van der Waals surface area contributed by atoms with Crippen molar-refractivity contribution in [1.29, 1.82) is 0 Å². The van der Waals surface area contributed by atoms with Gasteiger partial charge in [0, 0.05) is 30.2 Å². The van der Waals surface area contributed by atoms with Crippen LogP contribution in [0.2, 0.25) is 0 Å². The average Bonchev–Trinajstić information content (AvgIpc) is 3.08. The topological polar surface area (TPSA) is 29.0 Å². The largest absolute Gasteiger partial charge is 0.357 e. The lowest BCUT2D eigenvalue weighted by molar-refractivity contribution is 0.937. The smallest absolute Gasteiger partial charge is 0.128 e. The van der Waals surface area contributed by atoms with Gasteiger partial charge < -0.3 is 4.90 Å². The number of aromatic nitrogens is 2. The molecule has 3 nitrogen and oxygen atoms in total. The molecule has 0 unspecified atom stereocenters. The lowest BCUT2D eigenvalue weighted by Gasteiger charge is -2.15. The summed E-state index contributed by atoms with van der Waals surface area (Å²) in [6.45, 7) is 4.23. The SMILES string of the molecule is Cc1nc(C#Cc2ccc(N3CCCC3)nc2)cs1.Cl. The molecule has 2 aromatic rings. The van der Waals surface area contributed by atoms with E-state index in [-0.39, 0.29) is 12.4 Å². The van der Waals surface area contributed by atoms with Crippen LogP contribution in [0.1, 0.15) is 29.1 Å². The number of anilines is 1. The molecule has 5 heteroatoms. The molecule has 0 spiro atoms. The van der Waals surface area contributed by atoms with Crippen LogP contribution in [-0.2, 0) is 0 Å². The Kier molecular flexibility index (Phi) is 4.99. The molecule has 20 heavy (non-hydrogen) atoms. The van der Waals surface area contributed by atoms with Gasteiger partial charge in [-0.05, 0) is 37.8 Å². The van der Waals surface area contributed by atoms with E-state index in [1.807, 2.05) is 24.6 Å². The van der Waals surface area contributed by atoms with E-state index in [0.717, 1.165) is 35.2 Å². The molecule has 3 rings (SSSR count). The second-order valence-corrected chi connectivity index (χ2v) is 5.66. The van der Waals surface area contributed by atoms with Crippen LogP contribution >= 0.6 is 23.7 Å². The van der Waals surface area contributed by atoms with Gasteiger partial charge in [0.25, 0.3) is 0 Å². The molecule has 3 heterocycles. The highest BCUT2D eigenvalue weighted by molar-refractivity contribution is 7.09. The minimum Gasteiger partial charge on any atom is -0.357 e. The number of nitrogens with zero attached hydrogens (tertiary/aromatic N) is 3. The van der Waals surface area contributed by atoms with E-state index in [4.69, 9.17) is 0 Å². The molecule has 2 aromatic heterocycles. The Bertz CT molecular complexity index is 619. The summed E-state index contributed by atoms with van der Waals surface area (Å²) in [6.07, 6.45) is 4.39. The first kappa shape index (κ1) is 14.8. The third kappa shape index (κ3) is 3.50. The molecular weight excluding hydrogens is 290 g/mol. The Labute approximate surface area is 129 Å². The Balaban J connectivity index is 0.00000147. The van der Waals surface area contributed by atoms with E-state index < -0.39 is 0 Å². The van der Waals surface area contributed by atoms with Gasteiger partial charge in [0.15, 0.2) is 0 Å². The zero-order chi connectivity index (χ0) is 13.1. The van der Waals surface area contributed by atoms with Crippen LogP contribution < -0.4 is 4.90 Å². The van der Waals surface area contributed by atoms with Crippen molar-refractivity contribution in [2.75, 3.05) is 18.0 Å². The standard InChI is InChI=1S/C15H15N3S.ClH/c1-12-17-14(11-19-12)6-4-13-5-7-15(16-10-13)18-8-2-3-9-18;/h5,7,10-11H,2-3,8-9H2,1H3;1H. The molecule has 1 fully saturated rings. The van der Waals surface area contributed by atoms with Gasteiger partial charge in [-0.3, -0.25) is 0 Å². The van der Waals surface area contributed by atoms with Crippen LogP contribution in [0.15, 0.2) is 23.7 Å². The third-order valence-corrected chi connectivity index (χ3v) is 3.91. The second-order valence-electron chi connectivity index (χ2n) is 4.60. The lowest BCUT2D eigenvalue weighted by atomic mass is 10.2. The van der Waals surface area contributed by atoms with E-state index >= 15 is 0 Å². The minimum absolute atomic E-state index is 0. The second kappa shape index (κ2) is 6.74. The van der Waals surface area contributed by atoms with E-state index in [1.165, 1.54) is 12.8 Å². The Hall–Kier alpha value is -1.57. The van der Waals surface area contributed by atoms with Crippen LogP contribution in [0, 0.1) is 18.8 Å². The lowest BCUT2D eigenvalue weighted by Crippen LogP contribution is -2.18. The van der Waals surface area contributed by atoms with Crippen LogP contribution in [0.5, 0.6) is 0 Å². The van der Waals surface area contributed by atoms with Gasteiger partial charge in [0.2, 0.25) is 0 Å². The number of hydrogen-bond donors (Lipinski definition) is 0. The summed E-state index contributed by atoms with van der Waals surface area (Å²) in [5.74, 6) is 7.23. The van der Waals surface area contributed by atoms with E-state index in [1.54, 1.807) is 11.3 Å². The van der Waals surface area contributed by atoms with Crippen LogP contribution in [0.3, 0.4) is 0 Å². The molecule has 0 saturated carbocycles. The fraction of sp³-hybridized carbons (Fsp3) is 0.333. The van der Waals surface area contributed by atoms with Crippen molar-refractivity contribution in [3.8, 4) is 11.8 Å².